The topological polar surface area (TPSA) is 61.7 Å². The van der Waals surface area contributed by atoms with Crippen molar-refractivity contribution < 1.29 is 0 Å². The number of fused-ring (bicyclic) bond motifs is 8. The van der Waals surface area contributed by atoms with Gasteiger partial charge in [-0.1, -0.05) is 61.2 Å². The normalized spacial score (nSPS) is 14.0. The van der Waals surface area contributed by atoms with Crippen molar-refractivity contribution in [1.29, 1.82) is 0 Å². The van der Waals surface area contributed by atoms with Gasteiger partial charge in [-0.05, 0) is 150 Å². The van der Waals surface area contributed by atoms with Crippen LogP contribution in [0.25, 0.3) is 72.1 Å². The van der Waals surface area contributed by atoms with Gasteiger partial charge in [-0.3, -0.25) is 9.13 Å². The van der Waals surface area contributed by atoms with Crippen LogP contribution < -0.4 is 5.73 Å². The molecule has 4 aromatic heterocycles. The van der Waals surface area contributed by atoms with Gasteiger partial charge < -0.3 is 5.73 Å². The molecule has 256 valence electrons. The SMILES string of the molecule is C=C/C=C\Cc1ccc2c(c1)c1cc3c4c(c1n2-c1ccccn1)CCc1cc2c5cc(/C(N)=C/C=C\C)ccc5n(-c5ccccn5)c2c(c1-4)CC3. The number of nitrogens with zero attached hydrogens (tertiary/aromatic N) is 4. The third-order valence-corrected chi connectivity index (χ3v) is 11.3. The second-order valence-electron chi connectivity index (χ2n) is 14.2. The van der Waals surface area contributed by atoms with Crippen molar-refractivity contribution in [2.75, 3.05) is 0 Å². The van der Waals surface area contributed by atoms with Crippen LogP contribution in [0.4, 0.5) is 0 Å². The van der Waals surface area contributed by atoms with Crippen molar-refractivity contribution in [2.24, 2.45) is 5.73 Å². The Hall–Kier alpha value is -6.46. The molecule has 0 radical (unpaired) electrons. The molecule has 4 heterocycles. The van der Waals surface area contributed by atoms with Crippen molar-refractivity contribution >= 4 is 49.3 Å². The lowest BCUT2D eigenvalue weighted by Gasteiger charge is -2.31. The largest absolute Gasteiger partial charge is 0.398 e. The fourth-order valence-corrected chi connectivity index (χ4v) is 9.06. The molecule has 0 fully saturated rings. The molecule has 8 aromatic rings. The molecule has 0 saturated carbocycles. The van der Waals surface area contributed by atoms with Gasteiger partial charge >= 0.3 is 0 Å². The van der Waals surface area contributed by atoms with E-state index in [1.54, 1.807) is 0 Å². The summed E-state index contributed by atoms with van der Waals surface area (Å²) >= 11 is 0. The van der Waals surface area contributed by atoms with Crippen LogP contribution in [0.2, 0.25) is 0 Å². The molecule has 0 saturated heterocycles. The van der Waals surface area contributed by atoms with Gasteiger partial charge in [-0.25, -0.2) is 9.97 Å². The number of benzene rings is 4. The van der Waals surface area contributed by atoms with E-state index in [4.69, 9.17) is 15.7 Å². The summed E-state index contributed by atoms with van der Waals surface area (Å²) < 4.78 is 4.81. The Morgan fingerprint density at radius 3 is 1.87 bits per heavy atom. The van der Waals surface area contributed by atoms with Crippen molar-refractivity contribution in [2.45, 2.75) is 39.0 Å². The minimum absolute atomic E-state index is 0.759. The summed E-state index contributed by atoms with van der Waals surface area (Å²) in [6, 6.07) is 31.0. The van der Waals surface area contributed by atoms with Gasteiger partial charge in [0.25, 0.3) is 0 Å². The van der Waals surface area contributed by atoms with E-state index in [1.165, 1.54) is 77.0 Å². The smallest absolute Gasteiger partial charge is 0.137 e. The Kier molecular flexibility index (Phi) is 7.29. The lowest BCUT2D eigenvalue weighted by Crippen LogP contribution is -2.16. The number of hydrogen-bond donors (Lipinski definition) is 1. The summed E-state index contributed by atoms with van der Waals surface area (Å²) in [5.41, 5.74) is 23.1. The molecular weight excluding hydrogens is 647 g/mol. The number of rotatable bonds is 7. The molecular formula is C48H39N5. The number of pyridine rings is 2. The van der Waals surface area contributed by atoms with Crippen LogP contribution in [0.3, 0.4) is 0 Å². The number of hydrogen-bond acceptors (Lipinski definition) is 3. The lowest BCUT2D eigenvalue weighted by molar-refractivity contribution is 0.881. The first-order chi connectivity index (χ1) is 26.1. The van der Waals surface area contributed by atoms with E-state index >= 15 is 0 Å². The predicted octanol–water partition coefficient (Wildman–Crippen LogP) is 10.7. The Balaban J connectivity index is 1.29. The van der Waals surface area contributed by atoms with Crippen LogP contribution >= 0.6 is 0 Å². The first-order valence-corrected chi connectivity index (χ1v) is 18.6. The number of aryl methyl sites for hydroxylation is 4. The summed E-state index contributed by atoms with van der Waals surface area (Å²) in [6.45, 7) is 5.87. The Morgan fingerprint density at radius 1 is 0.698 bits per heavy atom. The molecule has 53 heavy (non-hydrogen) atoms. The Bertz CT molecular complexity index is 2880. The van der Waals surface area contributed by atoms with Crippen LogP contribution in [-0.4, -0.2) is 19.1 Å². The molecule has 2 N–H and O–H groups in total. The number of allylic oxidation sites excluding steroid dienone is 6. The highest BCUT2D eigenvalue weighted by Gasteiger charge is 2.33. The molecule has 0 unspecified atom stereocenters. The van der Waals surface area contributed by atoms with Gasteiger partial charge in [-0.2, -0.15) is 0 Å². The van der Waals surface area contributed by atoms with E-state index in [1.807, 2.05) is 61.8 Å². The summed E-state index contributed by atoms with van der Waals surface area (Å²) in [6.07, 6.45) is 20.6. The van der Waals surface area contributed by atoms with E-state index in [9.17, 15) is 0 Å². The second-order valence-corrected chi connectivity index (χ2v) is 14.2. The first-order valence-electron chi connectivity index (χ1n) is 18.6. The molecule has 0 amide bonds. The maximum atomic E-state index is 6.60. The van der Waals surface area contributed by atoms with E-state index < -0.39 is 0 Å². The van der Waals surface area contributed by atoms with Gasteiger partial charge in [0.15, 0.2) is 0 Å². The zero-order valence-corrected chi connectivity index (χ0v) is 29.8. The second kappa shape index (κ2) is 12.3. The predicted molar refractivity (Wildman–Crippen MR) is 221 cm³/mol. The van der Waals surface area contributed by atoms with Crippen LogP contribution in [0.1, 0.15) is 40.3 Å². The maximum absolute atomic E-state index is 6.60. The van der Waals surface area contributed by atoms with Crippen molar-refractivity contribution in [3.63, 3.8) is 0 Å². The first kappa shape index (κ1) is 31.3. The fourth-order valence-electron chi connectivity index (χ4n) is 9.06. The van der Waals surface area contributed by atoms with Crippen LogP contribution in [0.5, 0.6) is 0 Å². The van der Waals surface area contributed by atoms with E-state index in [0.29, 0.717) is 0 Å². The Morgan fingerprint density at radius 2 is 1.30 bits per heavy atom. The molecule has 5 nitrogen and oxygen atoms in total. The van der Waals surface area contributed by atoms with E-state index in [2.05, 4.69) is 94.6 Å². The maximum Gasteiger partial charge on any atom is 0.137 e. The molecule has 2 aliphatic carbocycles. The lowest BCUT2D eigenvalue weighted by atomic mass is 9.74. The van der Waals surface area contributed by atoms with Crippen molar-refractivity contribution in [1.82, 2.24) is 19.1 Å². The molecule has 2 aliphatic rings. The average Bonchev–Trinajstić information content (AvgIpc) is 3.71. The average molecular weight is 686 g/mol. The van der Waals surface area contributed by atoms with Crippen LogP contribution in [0.15, 0.2) is 140 Å². The highest BCUT2D eigenvalue weighted by atomic mass is 15.1. The summed E-state index contributed by atoms with van der Waals surface area (Å²) in [5, 5.41) is 5.09. The van der Waals surface area contributed by atoms with Gasteiger partial charge in [0.05, 0.1) is 22.1 Å². The van der Waals surface area contributed by atoms with Crippen molar-refractivity contribution in [3.8, 4) is 22.8 Å². The van der Waals surface area contributed by atoms with Crippen LogP contribution in [-0.2, 0) is 32.1 Å². The van der Waals surface area contributed by atoms with Crippen LogP contribution in [0, 0.1) is 0 Å². The highest BCUT2D eigenvalue weighted by Crippen LogP contribution is 2.51. The quantitative estimate of drug-likeness (QED) is 0.170. The zero-order valence-electron chi connectivity index (χ0n) is 29.8. The summed E-state index contributed by atoms with van der Waals surface area (Å²) in [7, 11) is 0. The molecule has 0 aliphatic heterocycles. The minimum atomic E-state index is 0.759. The third kappa shape index (κ3) is 4.77. The van der Waals surface area contributed by atoms with E-state index in [0.717, 1.165) is 60.5 Å². The molecule has 5 heteroatoms. The minimum Gasteiger partial charge on any atom is -0.398 e. The monoisotopic (exact) mass is 685 g/mol. The highest BCUT2D eigenvalue weighted by molar-refractivity contribution is 6.16. The van der Waals surface area contributed by atoms with E-state index in [-0.39, 0.29) is 0 Å². The Labute approximate surface area is 308 Å². The fraction of sp³-hybridized carbons (Fsp3) is 0.125. The molecule has 0 bridgehead atoms. The van der Waals surface area contributed by atoms with Gasteiger partial charge in [-0.15, -0.1) is 0 Å². The third-order valence-electron chi connectivity index (χ3n) is 11.3. The van der Waals surface area contributed by atoms with Gasteiger partial charge in [0.2, 0.25) is 0 Å². The number of aromatic nitrogens is 4. The zero-order chi connectivity index (χ0) is 35.6. The standard InChI is InChI=1S/C48H39N5/c1-3-5-7-12-30-16-22-41-36(26-30)38-28-32-17-21-35-46-33(18-20-34(45(32)46)47(38)52(41)43-14-8-10-24-50-43)29-39-37-27-31(40(49)13-6-4-2)19-23-42(37)53(48(35)39)44-15-9-11-25-51-44/h3-11,13-16,19,22-29H,1,12,17-18,20-21,49H2,2H3/b6-4-,7-5-,40-13-. The molecule has 10 rings (SSSR count). The van der Waals surface area contributed by atoms with Crippen molar-refractivity contribution in [3.05, 3.63) is 174 Å². The molecule has 0 spiro atoms. The summed E-state index contributed by atoms with van der Waals surface area (Å²) in [5.74, 6) is 1.88. The molecule has 4 aromatic carbocycles. The van der Waals surface area contributed by atoms with Gasteiger partial charge in [0, 0.05) is 39.6 Å². The number of nitrogens with two attached hydrogens (primary N) is 1. The summed E-state index contributed by atoms with van der Waals surface area (Å²) in [4.78, 5) is 9.82. The molecule has 0 atom stereocenters. The van der Waals surface area contributed by atoms with Gasteiger partial charge in [0.1, 0.15) is 11.6 Å².